The van der Waals surface area contributed by atoms with Gasteiger partial charge in [0.1, 0.15) is 0 Å². The molecule has 1 aromatic rings. The van der Waals surface area contributed by atoms with Gasteiger partial charge in [-0.25, -0.2) is 0 Å². The van der Waals surface area contributed by atoms with Gasteiger partial charge in [-0.3, -0.25) is 4.90 Å². The van der Waals surface area contributed by atoms with Crippen molar-refractivity contribution < 1.29 is 5.11 Å². The molecule has 0 saturated carbocycles. The average molecular weight is 276 g/mol. The van der Waals surface area contributed by atoms with Gasteiger partial charge in [0.15, 0.2) is 0 Å². The molecule has 3 atom stereocenters. The highest BCUT2D eigenvalue weighted by molar-refractivity contribution is 5.18. The summed E-state index contributed by atoms with van der Waals surface area (Å²) in [4.78, 5) is 2.54. The fourth-order valence-corrected chi connectivity index (χ4v) is 2.91. The van der Waals surface area contributed by atoms with E-state index in [-0.39, 0.29) is 6.10 Å². The Bertz CT molecular complexity index is 382. The van der Waals surface area contributed by atoms with Gasteiger partial charge >= 0.3 is 0 Å². The van der Waals surface area contributed by atoms with E-state index in [1.165, 1.54) is 12.0 Å². The Morgan fingerprint density at radius 3 is 2.80 bits per heavy atom. The molecule has 2 rings (SSSR count). The van der Waals surface area contributed by atoms with Crippen molar-refractivity contribution in [2.45, 2.75) is 51.3 Å². The first kappa shape index (κ1) is 15.5. The van der Waals surface area contributed by atoms with Gasteiger partial charge in [-0.05, 0) is 38.3 Å². The van der Waals surface area contributed by atoms with E-state index in [0.29, 0.717) is 12.1 Å². The summed E-state index contributed by atoms with van der Waals surface area (Å²) in [7, 11) is 0. The number of nitrogens with one attached hydrogen (secondary N) is 1. The topological polar surface area (TPSA) is 35.5 Å². The van der Waals surface area contributed by atoms with Crippen molar-refractivity contribution in [3.05, 3.63) is 35.9 Å². The Hall–Kier alpha value is -0.900. The van der Waals surface area contributed by atoms with Gasteiger partial charge in [0.05, 0.1) is 6.10 Å². The molecule has 0 amide bonds. The van der Waals surface area contributed by atoms with Crippen molar-refractivity contribution in [2.24, 2.45) is 0 Å². The van der Waals surface area contributed by atoms with E-state index in [4.69, 9.17) is 0 Å². The van der Waals surface area contributed by atoms with Crippen molar-refractivity contribution >= 4 is 0 Å². The smallest absolute Gasteiger partial charge is 0.0549 e. The van der Waals surface area contributed by atoms with Gasteiger partial charge in [0.25, 0.3) is 0 Å². The van der Waals surface area contributed by atoms with Gasteiger partial charge in [-0.1, -0.05) is 37.3 Å². The lowest BCUT2D eigenvalue weighted by Gasteiger charge is -2.25. The highest BCUT2D eigenvalue weighted by atomic mass is 16.3. The zero-order valence-corrected chi connectivity index (χ0v) is 12.8. The maximum absolute atomic E-state index is 9.57. The van der Waals surface area contributed by atoms with Crippen molar-refractivity contribution in [3.8, 4) is 0 Å². The van der Waals surface area contributed by atoms with Crippen LogP contribution in [0.4, 0.5) is 0 Å². The van der Waals surface area contributed by atoms with E-state index in [2.05, 4.69) is 47.5 Å². The third-order valence-corrected chi connectivity index (χ3v) is 4.43. The van der Waals surface area contributed by atoms with E-state index in [1.54, 1.807) is 0 Å². The van der Waals surface area contributed by atoms with Crippen molar-refractivity contribution in [2.75, 3.05) is 19.6 Å². The molecule has 20 heavy (non-hydrogen) atoms. The molecule has 1 aliphatic heterocycles. The summed E-state index contributed by atoms with van der Waals surface area (Å²) >= 11 is 0. The fourth-order valence-electron chi connectivity index (χ4n) is 2.91. The first-order valence-electron chi connectivity index (χ1n) is 7.91. The molecular formula is C17H28N2O. The van der Waals surface area contributed by atoms with Gasteiger partial charge in [-0.15, -0.1) is 0 Å². The van der Waals surface area contributed by atoms with E-state index in [9.17, 15) is 5.11 Å². The summed E-state index contributed by atoms with van der Waals surface area (Å²) in [5.74, 6) is 0. The second kappa shape index (κ2) is 7.77. The zero-order chi connectivity index (χ0) is 14.4. The van der Waals surface area contributed by atoms with Crippen LogP contribution < -0.4 is 5.32 Å². The van der Waals surface area contributed by atoms with Crippen molar-refractivity contribution in [3.63, 3.8) is 0 Å². The SMILES string of the molecule is CCC(O)CCNC1CCN(C(C)c2ccccc2)C1. The first-order valence-corrected chi connectivity index (χ1v) is 7.91. The summed E-state index contributed by atoms with van der Waals surface area (Å²) in [6, 6.07) is 11.8. The lowest BCUT2D eigenvalue weighted by molar-refractivity contribution is 0.158. The Balaban J connectivity index is 1.75. The predicted octanol–water partition coefficient (Wildman–Crippen LogP) is 2.57. The third-order valence-electron chi connectivity index (χ3n) is 4.43. The minimum absolute atomic E-state index is 0.150. The Labute approximate surface area is 123 Å². The molecule has 1 aliphatic rings. The first-order chi connectivity index (χ1) is 9.70. The van der Waals surface area contributed by atoms with Crippen molar-refractivity contribution in [1.29, 1.82) is 0 Å². The largest absolute Gasteiger partial charge is 0.393 e. The number of rotatable bonds is 7. The highest BCUT2D eigenvalue weighted by Gasteiger charge is 2.26. The number of hydrogen-bond donors (Lipinski definition) is 2. The van der Waals surface area contributed by atoms with Gasteiger partial charge in [0, 0.05) is 25.2 Å². The predicted molar refractivity (Wildman–Crippen MR) is 83.8 cm³/mol. The molecule has 0 bridgehead atoms. The molecule has 3 heteroatoms. The van der Waals surface area contributed by atoms with Gasteiger partial charge in [-0.2, -0.15) is 0 Å². The van der Waals surface area contributed by atoms with E-state index in [0.717, 1.165) is 32.5 Å². The monoisotopic (exact) mass is 276 g/mol. The molecular weight excluding hydrogens is 248 g/mol. The van der Waals surface area contributed by atoms with Crippen LogP contribution in [-0.4, -0.2) is 41.8 Å². The molecule has 1 saturated heterocycles. The Morgan fingerprint density at radius 1 is 1.35 bits per heavy atom. The molecule has 3 nitrogen and oxygen atoms in total. The lowest BCUT2D eigenvalue weighted by Crippen LogP contribution is -2.35. The Morgan fingerprint density at radius 2 is 2.10 bits per heavy atom. The number of nitrogens with zero attached hydrogens (tertiary/aromatic N) is 1. The van der Waals surface area contributed by atoms with Crippen LogP contribution in [0.25, 0.3) is 0 Å². The van der Waals surface area contributed by atoms with Crippen LogP contribution in [0, 0.1) is 0 Å². The second-order valence-corrected chi connectivity index (χ2v) is 5.87. The van der Waals surface area contributed by atoms with Crippen LogP contribution in [0.5, 0.6) is 0 Å². The standard InChI is InChI=1S/C17H28N2O/c1-3-17(20)9-11-18-16-10-12-19(13-16)14(2)15-7-5-4-6-8-15/h4-8,14,16-18,20H,3,9-13H2,1-2H3. The summed E-state index contributed by atoms with van der Waals surface area (Å²) in [5.41, 5.74) is 1.40. The van der Waals surface area contributed by atoms with Crippen LogP contribution in [-0.2, 0) is 0 Å². The van der Waals surface area contributed by atoms with Gasteiger partial charge < -0.3 is 10.4 Å². The molecule has 1 heterocycles. The molecule has 1 fully saturated rings. The zero-order valence-electron chi connectivity index (χ0n) is 12.8. The number of benzene rings is 1. The van der Waals surface area contributed by atoms with E-state index < -0.39 is 0 Å². The summed E-state index contributed by atoms with van der Waals surface area (Å²) in [5, 5.41) is 13.2. The summed E-state index contributed by atoms with van der Waals surface area (Å²) < 4.78 is 0. The minimum Gasteiger partial charge on any atom is -0.393 e. The molecule has 3 unspecified atom stereocenters. The van der Waals surface area contributed by atoms with Crippen LogP contribution in [0.1, 0.15) is 44.7 Å². The van der Waals surface area contributed by atoms with Crippen LogP contribution in [0.3, 0.4) is 0 Å². The number of likely N-dealkylation sites (tertiary alicyclic amines) is 1. The van der Waals surface area contributed by atoms with Crippen LogP contribution in [0.2, 0.25) is 0 Å². The molecule has 0 aromatic heterocycles. The second-order valence-electron chi connectivity index (χ2n) is 5.87. The summed E-state index contributed by atoms with van der Waals surface area (Å²) in [6.45, 7) is 7.51. The van der Waals surface area contributed by atoms with E-state index >= 15 is 0 Å². The lowest BCUT2D eigenvalue weighted by atomic mass is 10.1. The van der Waals surface area contributed by atoms with E-state index in [1.807, 2.05) is 6.92 Å². The summed E-state index contributed by atoms with van der Waals surface area (Å²) in [6.07, 6.45) is 2.77. The van der Waals surface area contributed by atoms with Crippen LogP contribution >= 0.6 is 0 Å². The van der Waals surface area contributed by atoms with Crippen molar-refractivity contribution in [1.82, 2.24) is 10.2 Å². The Kier molecular flexibility index (Phi) is 6.02. The minimum atomic E-state index is -0.150. The quantitative estimate of drug-likeness (QED) is 0.803. The molecule has 0 spiro atoms. The average Bonchev–Trinajstić information content (AvgIpc) is 2.96. The number of aliphatic hydroxyl groups excluding tert-OH is 1. The third kappa shape index (κ3) is 4.30. The maximum atomic E-state index is 9.57. The maximum Gasteiger partial charge on any atom is 0.0549 e. The molecule has 1 aromatic carbocycles. The normalized spacial score (nSPS) is 22.9. The number of aliphatic hydroxyl groups is 1. The fraction of sp³-hybridized carbons (Fsp3) is 0.647. The molecule has 0 aliphatic carbocycles. The molecule has 0 radical (unpaired) electrons. The number of hydrogen-bond acceptors (Lipinski definition) is 3. The molecule has 112 valence electrons. The highest BCUT2D eigenvalue weighted by Crippen LogP contribution is 2.24. The van der Waals surface area contributed by atoms with Gasteiger partial charge in [0.2, 0.25) is 0 Å². The molecule has 2 N–H and O–H groups in total. The van der Waals surface area contributed by atoms with Crippen LogP contribution in [0.15, 0.2) is 30.3 Å².